The van der Waals surface area contributed by atoms with E-state index in [1.165, 1.54) is 12.1 Å². The molecule has 0 spiro atoms. The van der Waals surface area contributed by atoms with Crippen LogP contribution in [0.1, 0.15) is 19.8 Å². The number of nitrogens with zero attached hydrogens (tertiary/aromatic N) is 2. The number of rotatable bonds is 4. The van der Waals surface area contributed by atoms with Gasteiger partial charge in [-0.25, -0.2) is 4.98 Å². The van der Waals surface area contributed by atoms with E-state index in [4.69, 9.17) is 10.5 Å². The van der Waals surface area contributed by atoms with Crippen molar-refractivity contribution < 1.29 is 9.66 Å². The number of nitrogens with one attached hydrogen (secondary N) is 1. The maximum Gasteiger partial charge on any atom is 0.311 e. The molecule has 0 radical (unpaired) electrons. The lowest BCUT2D eigenvalue weighted by molar-refractivity contribution is -0.384. The predicted molar refractivity (Wildman–Crippen MR) is 72.0 cm³/mol. The highest BCUT2D eigenvalue weighted by Crippen LogP contribution is 2.31. The van der Waals surface area contributed by atoms with E-state index in [2.05, 4.69) is 17.2 Å². The molecule has 2 heterocycles. The third-order valence-corrected chi connectivity index (χ3v) is 3.47. The summed E-state index contributed by atoms with van der Waals surface area (Å²) in [5.41, 5.74) is 5.59. The molecule has 0 bridgehead atoms. The summed E-state index contributed by atoms with van der Waals surface area (Å²) in [7, 11) is 0. The lowest BCUT2D eigenvalue weighted by Crippen LogP contribution is -2.33. The van der Waals surface area contributed by atoms with Crippen molar-refractivity contribution in [1.82, 2.24) is 4.98 Å². The normalized spacial score (nSPS) is 17.9. The SMILES string of the molecule is CC1(CNc2nc(N)ccc2[N+](=O)[O-])CCOCC1. The van der Waals surface area contributed by atoms with Gasteiger partial charge in [-0.1, -0.05) is 6.92 Å². The minimum Gasteiger partial charge on any atom is -0.384 e. The van der Waals surface area contributed by atoms with Gasteiger partial charge in [-0.2, -0.15) is 0 Å². The average Bonchev–Trinajstić information content (AvgIpc) is 2.37. The lowest BCUT2D eigenvalue weighted by Gasteiger charge is -2.33. The van der Waals surface area contributed by atoms with E-state index in [0.29, 0.717) is 6.54 Å². The Kier molecular flexibility index (Phi) is 3.84. The summed E-state index contributed by atoms with van der Waals surface area (Å²) in [4.78, 5) is 14.5. The van der Waals surface area contributed by atoms with Crippen LogP contribution >= 0.6 is 0 Å². The molecule has 0 amide bonds. The highest BCUT2D eigenvalue weighted by molar-refractivity contribution is 5.59. The topological polar surface area (TPSA) is 103 Å². The number of hydrogen-bond acceptors (Lipinski definition) is 6. The molecule has 0 saturated carbocycles. The molecule has 2 rings (SSSR count). The second-order valence-corrected chi connectivity index (χ2v) is 5.14. The molecule has 1 aliphatic heterocycles. The van der Waals surface area contributed by atoms with Crippen molar-refractivity contribution >= 4 is 17.3 Å². The van der Waals surface area contributed by atoms with Crippen molar-refractivity contribution in [2.45, 2.75) is 19.8 Å². The van der Waals surface area contributed by atoms with Crippen LogP contribution in [0, 0.1) is 15.5 Å². The number of aromatic nitrogens is 1. The first-order valence-electron chi connectivity index (χ1n) is 6.23. The Hall–Kier alpha value is -1.89. The van der Waals surface area contributed by atoms with Crippen LogP contribution in [0.2, 0.25) is 0 Å². The Bertz CT molecular complexity index is 472. The van der Waals surface area contributed by atoms with Gasteiger partial charge in [0.15, 0.2) is 0 Å². The number of pyridine rings is 1. The van der Waals surface area contributed by atoms with Gasteiger partial charge in [0.2, 0.25) is 5.82 Å². The van der Waals surface area contributed by atoms with Gasteiger partial charge in [0.05, 0.1) is 4.92 Å². The first-order valence-corrected chi connectivity index (χ1v) is 6.23. The summed E-state index contributed by atoms with van der Waals surface area (Å²) >= 11 is 0. The van der Waals surface area contributed by atoms with Crippen LogP contribution in [-0.4, -0.2) is 29.7 Å². The van der Waals surface area contributed by atoms with Crippen molar-refractivity contribution in [2.24, 2.45) is 5.41 Å². The van der Waals surface area contributed by atoms with Gasteiger partial charge in [0, 0.05) is 25.8 Å². The van der Waals surface area contributed by atoms with Crippen LogP contribution in [0.4, 0.5) is 17.3 Å². The van der Waals surface area contributed by atoms with Gasteiger partial charge in [-0.15, -0.1) is 0 Å². The summed E-state index contributed by atoms with van der Waals surface area (Å²) < 4.78 is 5.33. The highest BCUT2D eigenvalue weighted by atomic mass is 16.6. The van der Waals surface area contributed by atoms with Crippen molar-refractivity contribution in [3.63, 3.8) is 0 Å². The van der Waals surface area contributed by atoms with Gasteiger partial charge in [0.25, 0.3) is 0 Å². The molecule has 1 saturated heterocycles. The summed E-state index contributed by atoms with van der Waals surface area (Å²) in [6.07, 6.45) is 1.85. The maximum atomic E-state index is 10.9. The zero-order valence-corrected chi connectivity index (χ0v) is 10.9. The van der Waals surface area contributed by atoms with Crippen LogP contribution in [0.3, 0.4) is 0 Å². The Labute approximate surface area is 111 Å². The van der Waals surface area contributed by atoms with Crippen molar-refractivity contribution in [1.29, 1.82) is 0 Å². The molecule has 0 aliphatic carbocycles. The van der Waals surface area contributed by atoms with Crippen molar-refractivity contribution in [2.75, 3.05) is 30.8 Å². The van der Waals surface area contributed by atoms with Crippen LogP contribution in [-0.2, 0) is 4.74 Å². The molecule has 1 aromatic heterocycles. The molecule has 19 heavy (non-hydrogen) atoms. The minimum atomic E-state index is -0.457. The van der Waals surface area contributed by atoms with Gasteiger partial charge in [-0.3, -0.25) is 10.1 Å². The molecule has 3 N–H and O–H groups in total. The van der Waals surface area contributed by atoms with Gasteiger partial charge < -0.3 is 15.8 Å². The van der Waals surface area contributed by atoms with Crippen LogP contribution in [0.5, 0.6) is 0 Å². The van der Waals surface area contributed by atoms with E-state index >= 15 is 0 Å². The minimum absolute atomic E-state index is 0.0511. The predicted octanol–water partition coefficient (Wildman–Crippen LogP) is 1.80. The van der Waals surface area contributed by atoms with Gasteiger partial charge in [0.1, 0.15) is 5.82 Å². The smallest absolute Gasteiger partial charge is 0.311 e. The summed E-state index contributed by atoms with van der Waals surface area (Å²) in [5.74, 6) is 0.503. The third kappa shape index (κ3) is 3.31. The van der Waals surface area contributed by atoms with E-state index < -0.39 is 4.92 Å². The fourth-order valence-electron chi connectivity index (χ4n) is 2.08. The van der Waals surface area contributed by atoms with Gasteiger partial charge >= 0.3 is 5.69 Å². The number of nitro groups is 1. The standard InChI is InChI=1S/C12H18N4O3/c1-12(4-6-19-7-5-12)8-14-11-9(16(17)18)2-3-10(13)15-11/h2-3H,4-8H2,1H3,(H3,13,14,15). The number of nitrogen functional groups attached to an aromatic ring is 1. The van der Waals surface area contributed by atoms with E-state index in [0.717, 1.165) is 26.1 Å². The van der Waals surface area contributed by atoms with Crippen molar-refractivity contribution in [3.8, 4) is 0 Å². The molecular formula is C12H18N4O3. The zero-order valence-electron chi connectivity index (χ0n) is 10.9. The molecule has 1 aliphatic rings. The molecule has 0 aromatic carbocycles. The Morgan fingerprint density at radius 2 is 2.21 bits per heavy atom. The molecule has 7 heteroatoms. The summed E-state index contributed by atoms with van der Waals surface area (Å²) in [6, 6.07) is 2.80. The highest BCUT2D eigenvalue weighted by Gasteiger charge is 2.28. The molecule has 0 atom stereocenters. The lowest BCUT2D eigenvalue weighted by atomic mass is 9.82. The molecule has 1 aromatic rings. The van der Waals surface area contributed by atoms with E-state index in [1.54, 1.807) is 0 Å². The molecule has 7 nitrogen and oxygen atoms in total. The number of anilines is 2. The molecule has 0 unspecified atom stereocenters. The van der Waals surface area contributed by atoms with Crippen molar-refractivity contribution in [3.05, 3.63) is 22.2 Å². The molecular weight excluding hydrogens is 248 g/mol. The fraction of sp³-hybridized carbons (Fsp3) is 0.583. The van der Waals surface area contributed by atoms with Gasteiger partial charge in [-0.05, 0) is 24.3 Å². The monoisotopic (exact) mass is 266 g/mol. The summed E-state index contributed by atoms with van der Waals surface area (Å²) in [5, 5.41) is 14.0. The Balaban J connectivity index is 2.10. The molecule has 1 fully saturated rings. The van der Waals surface area contributed by atoms with Crippen LogP contribution in [0.15, 0.2) is 12.1 Å². The number of ether oxygens (including phenoxy) is 1. The molecule has 104 valence electrons. The number of hydrogen-bond donors (Lipinski definition) is 2. The summed E-state index contributed by atoms with van der Waals surface area (Å²) in [6.45, 7) is 4.21. The van der Waals surface area contributed by atoms with Crippen LogP contribution in [0.25, 0.3) is 0 Å². The Morgan fingerprint density at radius 1 is 1.53 bits per heavy atom. The quantitative estimate of drug-likeness (QED) is 0.636. The Morgan fingerprint density at radius 3 is 2.84 bits per heavy atom. The van der Waals surface area contributed by atoms with Crippen LogP contribution < -0.4 is 11.1 Å². The zero-order chi connectivity index (χ0) is 13.9. The van der Waals surface area contributed by atoms with E-state index in [1.807, 2.05) is 0 Å². The second kappa shape index (κ2) is 5.40. The number of nitrogens with two attached hydrogens (primary N) is 1. The second-order valence-electron chi connectivity index (χ2n) is 5.14. The van der Waals surface area contributed by atoms with E-state index in [-0.39, 0.29) is 22.7 Å². The average molecular weight is 266 g/mol. The first kappa shape index (κ1) is 13.5. The maximum absolute atomic E-state index is 10.9. The largest absolute Gasteiger partial charge is 0.384 e. The fourth-order valence-corrected chi connectivity index (χ4v) is 2.08. The first-order chi connectivity index (χ1) is 9.00. The third-order valence-electron chi connectivity index (χ3n) is 3.47. The van der Waals surface area contributed by atoms with E-state index in [9.17, 15) is 10.1 Å².